The highest BCUT2D eigenvalue weighted by Crippen LogP contribution is 2.46. The number of ether oxygens (including phenoxy) is 5. The van der Waals surface area contributed by atoms with Crippen LogP contribution in [0.3, 0.4) is 0 Å². The molecule has 13 heteroatoms. The van der Waals surface area contributed by atoms with Gasteiger partial charge in [0.15, 0.2) is 5.79 Å². The second-order valence-corrected chi connectivity index (χ2v) is 19.5. The van der Waals surface area contributed by atoms with Crippen LogP contribution in [0.5, 0.6) is 11.5 Å². The van der Waals surface area contributed by atoms with Gasteiger partial charge in [0.2, 0.25) is 0 Å². The molecule has 326 valence electrons. The van der Waals surface area contributed by atoms with Gasteiger partial charge in [-0.25, -0.2) is 19.6 Å². The molecule has 13 nitrogen and oxygen atoms in total. The Morgan fingerprint density at radius 3 is 2.28 bits per heavy atom. The minimum Gasteiger partial charge on any atom is -0.457 e. The molecule has 0 bridgehead atoms. The van der Waals surface area contributed by atoms with Gasteiger partial charge in [-0.15, -0.1) is 0 Å². The summed E-state index contributed by atoms with van der Waals surface area (Å²) in [7, 11) is 1.71. The lowest BCUT2D eigenvalue weighted by Gasteiger charge is -2.37. The van der Waals surface area contributed by atoms with Crippen LogP contribution < -0.4 is 4.74 Å². The van der Waals surface area contributed by atoms with Crippen LogP contribution in [0.25, 0.3) is 0 Å². The van der Waals surface area contributed by atoms with E-state index in [2.05, 4.69) is 33.1 Å². The Labute approximate surface area is 356 Å². The number of carbonyl (C=O) groups is 2. The van der Waals surface area contributed by atoms with Gasteiger partial charge >= 0.3 is 12.2 Å². The standard InChI is InChI=1S/C47H66N6O7/c1-45(2,3)59-43(54)50(9)41-37-22-26-53(42(37)49-31-48-41)38-28-34(39-40(38)58-47(7,8)57-39)30-51(29-33-19-20-33)23-14-24-52(44(55)60-46(4,5)6)25-21-32-15-13-18-36(27-32)56-35-16-11-10-12-17-35/h10-13,15-18,22,26-27,31,33-34,37-40,42H,14,19-21,23-25,28-30H2,1-9H3/t34-,37?,38-,39-,40+,42?/m1/s1. The number of fused-ring (bicyclic) bond motifs is 2. The summed E-state index contributed by atoms with van der Waals surface area (Å²) in [5.74, 6) is 2.17. The summed E-state index contributed by atoms with van der Waals surface area (Å²) in [5, 5.41) is 0. The molecule has 2 amide bonds. The fourth-order valence-corrected chi connectivity index (χ4v) is 8.78. The van der Waals surface area contributed by atoms with Crippen molar-refractivity contribution in [1.29, 1.82) is 0 Å². The average molecular weight is 827 g/mol. The molecular weight excluding hydrogens is 761 g/mol. The molecule has 0 N–H and O–H groups in total. The van der Waals surface area contributed by atoms with Crippen LogP contribution in [-0.2, 0) is 25.4 Å². The Kier molecular flexibility index (Phi) is 13.0. The lowest BCUT2D eigenvalue weighted by molar-refractivity contribution is -0.163. The van der Waals surface area contributed by atoms with Gasteiger partial charge in [-0.3, -0.25) is 4.90 Å². The van der Waals surface area contributed by atoms with E-state index in [1.54, 1.807) is 13.4 Å². The molecule has 3 heterocycles. The van der Waals surface area contributed by atoms with E-state index < -0.39 is 23.1 Å². The van der Waals surface area contributed by atoms with Crippen molar-refractivity contribution in [2.24, 2.45) is 27.7 Å². The molecule has 6 atom stereocenters. The first kappa shape index (κ1) is 43.6. The topological polar surface area (TPSA) is 118 Å². The highest BCUT2D eigenvalue weighted by atomic mass is 16.8. The average Bonchev–Trinajstić information content (AvgIpc) is 3.66. The number of benzene rings is 2. The first-order chi connectivity index (χ1) is 28.4. The molecule has 1 saturated heterocycles. The Bertz CT molecular complexity index is 1900. The summed E-state index contributed by atoms with van der Waals surface area (Å²) in [6.45, 7) is 19.2. The zero-order chi connectivity index (χ0) is 42.8. The summed E-state index contributed by atoms with van der Waals surface area (Å²) in [6, 6.07) is 17.9. The van der Waals surface area contributed by atoms with E-state index in [1.165, 1.54) is 17.7 Å². The molecule has 2 aromatic carbocycles. The van der Waals surface area contributed by atoms with Crippen molar-refractivity contribution in [3.05, 3.63) is 72.4 Å². The van der Waals surface area contributed by atoms with Gasteiger partial charge in [-0.1, -0.05) is 36.4 Å². The van der Waals surface area contributed by atoms with Crippen LogP contribution >= 0.6 is 0 Å². The number of amides is 2. The zero-order valence-corrected chi connectivity index (χ0v) is 37.1. The van der Waals surface area contributed by atoms with Crippen LogP contribution in [0, 0.1) is 17.8 Å². The maximum absolute atomic E-state index is 13.6. The predicted octanol–water partition coefficient (Wildman–Crippen LogP) is 8.35. The molecule has 2 aliphatic carbocycles. The lowest BCUT2D eigenvalue weighted by Crippen LogP contribution is -2.50. The molecule has 0 aromatic heterocycles. The van der Waals surface area contributed by atoms with E-state index in [0.717, 1.165) is 49.5 Å². The number of para-hydroxylation sites is 1. The second kappa shape index (κ2) is 17.9. The van der Waals surface area contributed by atoms with Gasteiger partial charge in [-0.05, 0) is 136 Å². The number of aliphatic imine (C=N–C) groups is 2. The molecule has 0 spiro atoms. The largest absolute Gasteiger partial charge is 0.457 e. The SMILES string of the molecule is CN(C(=O)OC(C)(C)C)C1=NC=NC2C1C=CN2[C@@H]1C[C@H](CN(CCCN(CCc2cccc(Oc3ccccc3)c2)C(=O)OC(C)(C)C)CC2CC2)[C@H]2OC(C)(C)O[C@H]21. The highest BCUT2D eigenvalue weighted by molar-refractivity contribution is 6.02. The maximum atomic E-state index is 13.6. The smallest absolute Gasteiger partial charge is 0.415 e. The molecule has 3 fully saturated rings. The number of carbonyl (C=O) groups excluding carboxylic acids is 2. The predicted molar refractivity (Wildman–Crippen MR) is 232 cm³/mol. The van der Waals surface area contributed by atoms with Crippen molar-refractivity contribution in [2.45, 2.75) is 129 Å². The second-order valence-electron chi connectivity index (χ2n) is 19.5. The van der Waals surface area contributed by atoms with Gasteiger partial charge in [0.05, 0.1) is 18.1 Å². The number of hydrogen-bond acceptors (Lipinski definition) is 11. The maximum Gasteiger partial charge on any atom is 0.415 e. The third-order valence-corrected chi connectivity index (χ3v) is 11.6. The number of hydrogen-bond donors (Lipinski definition) is 0. The normalized spacial score (nSPS) is 25.5. The van der Waals surface area contributed by atoms with E-state index in [1.807, 2.05) is 109 Å². The van der Waals surface area contributed by atoms with Crippen LogP contribution in [0.15, 0.2) is 76.9 Å². The number of rotatable bonds is 14. The molecular formula is C47H66N6O7. The van der Waals surface area contributed by atoms with Crippen molar-refractivity contribution in [3.8, 4) is 11.5 Å². The molecule has 0 radical (unpaired) electrons. The van der Waals surface area contributed by atoms with Crippen molar-refractivity contribution in [3.63, 3.8) is 0 Å². The van der Waals surface area contributed by atoms with Crippen molar-refractivity contribution in [1.82, 2.24) is 19.6 Å². The molecule has 2 aromatic rings. The molecule has 5 aliphatic rings. The third-order valence-electron chi connectivity index (χ3n) is 11.6. The summed E-state index contributed by atoms with van der Waals surface area (Å²) in [6.07, 6.45) is 9.43. The van der Waals surface area contributed by atoms with Crippen LogP contribution in [-0.4, -0.2) is 125 Å². The van der Waals surface area contributed by atoms with Gasteiger partial charge in [0.25, 0.3) is 0 Å². The number of amidine groups is 1. The third kappa shape index (κ3) is 11.3. The van der Waals surface area contributed by atoms with E-state index in [4.69, 9.17) is 28.7 Å². The molecule has 60 heavy (non-hydrogen) atoms. The molecule has 2 saturated carbocycles. The lowest BCUT2D eigenvalue weighted by atomic mass is 10.0. The highest BCUT2D eigenvalue weighted by Gasteiger charge is 2.57. The Morgan fingerprint density at radius 2 is 1.57 bits per heavy atom. The first-order valence-corrected chi connectivity index (χ1v) is 21.8. The molecule has 3 aliphatic heterocycles. The van der Waals surface area contributed by atoms with Crippen molar-refractivity contribution in [2.75, 3.05) is 39.8 Å². The minimum atomic E-state index is -0.711. The fraction of sp³-hybridized carbons (Fsp3) is 0.617. The summed E-state index contributed by atoms with van der Waals surface area (Å²) < 4.78 is 31.0. The van der Waals surface area contributed by atoms with Crippen molar-refractivity contribution < 1.29 is 33.3 Å². The van der Waals surface area contributed by atoms with Gasteiger partial charge in [0.1, 0.15) is 47.1 Å². The van der Waals surface area contributed by atoms with E-state index in [0.29, 0.717) is 31.3 Å². The van der Waals surface area contributed by atoms with Crippen LogP contribution in [0.1, 0.15) is 86.6 Å². The Morgan fingerprint density at radius 1 is 0.867 bits per heavy atom. The number of nitrogens with zero attached hydrogens (tertiary/aromatic N) is 6. The quantitative estimate of drug-likeness (QED) is 0.185. The monoisotopic (exact) mass is 826 g/mol. The van der Waals surface area contributed by atoms with Gasteiger partial charge in [0, 0.05) is 39.1 Å². The van der Waals surface area contributed by atoms with Crippen molar-refractivity contribution >= 4 is 24.4 Å². The zero-order valence-electron chi connectivity index (χ0n) is 37.1. The fourth-order valence-electron chi connectivity index (χ4n) is 8.78. The van der Waals surface area contributed by atoms with Gasteiger partial charge in [-0.2, -0.15) is 0 Å². The minimum absolute atomic E-state index is 0.0263. The summed E-state index contributed by atoms with van der Waals surface area (Å²) in [5.41, 5.74) is -0.126. The van der Waals surface area contributed by atoms with E-state index in [9.17, 15) is 9.59 Å². The Balaban J connectivity index is 1.000. The van der Waals surface area contributed by atoms with E-state index in [-0.39, 0.29) is 42.3 Å². The van der Waals surface area contributed by atoms with Crippen LogP contribution in [0.2, 0.25) is 0 Å². The Hall–Kier alpha value is -4.46. The first-order valence-electron chi connectivity index (χ1n) is 21.8. The molecule has 2 unspecified atom stereocenters. The van der Waals surface area contributed by atoms with E-state index >= 15 is 0 Å². The van der Waals surface area contributed by atoms with Crippen LogP contribution in [0.4, 0.5) is 9.59 Å². The van der Waals surface area contributed by atoms with Gasteiger partial charge < -0.3 is 38.4 Å². The summed E-state index contributed by atoms with van der Waals surface area (Å²) in [4.78, 5) is 44.3. The summed E-state index contributed by atoms with van der Waals surface area (Å²) >= 11 is 0. The molecule has 7 rings (SSSR count).